The number of ether oxygens (including phenoxy) is 3. The predicted octanol–water partition coefficient (Wildman–Crippen LogP) is 16.7. The fourth-order valence-electron chi connectivity index (χ4n) is 7.16. The van der Waals surface area contributed by atoms with Crippen LogP contribution in [0.2, 0.25) is 0 Å². The highest BCUT2D eigenvalue weighted by molar-refractivity contribution is 5.71. The maximum atomic E-state index is 12.7. The van der Waals surface area contributed by atoms with E-state index in [2.05, 4.69) is 69.4 Å². The van der Waals surface area contributed by atoms with Gasteiger partial charge in [0.15, 0.2) is 6.10 Å². The average molecular weight is 841 g/mol. The molecular weight excluding hydrogens is 745 g/mol. The summed E-state index contributed by atoms with van der Waals surface area (Å²) in [7, 11) is 0. The summed E-state index contributed by atoms with van der Waals surface area (Å²) < 4.78 is 16.7. The predicted molar refractivity (Wildman–Crippen MR) is 256 cm³/mol. The Morgan fingerprint density at radius 1 is 0.350 bits per heavy atom. The molecule has 0 radical (unpaired) electrons. The van der Waals surface area contributed by atoms with E-state index in [-0.39, 0.29) is 31.1 Å². The lowest BCUT2D eigenvalue weighted by Gasteiger charge is -2.18. The standard InChI is InChI=1S/C54H96O6/c1-4-7-10-13-16-19-22-24-25-26-27-28-29-30-33-35-38-41-44-47-53(56)59-50-51(49-58-52(55)46-43-40-37-34-31-21-18-15-12-9-6-3)60-54(57)48-45-42-39-36-32-23-20-17-14-11-8-5-2/h8,11,15,17-18,20,26-27,51H,4-7,9-10,12-14,16,19,21-25,28-50H2,1-3H3/b11-8-,18-15-,20-17-,27-26-. The van der Waals surface area contributed by atoms with E-state index in [4.69, 9.17) is 14.2 Å². The number of esters is 3. The molecule has 0 heterocycles. The lowest BCUT2D eigenvalue weighted by atomic mass is 10.1. The molecule has 1 atom stereocenters. The summed E-state index contributed by atoms with van der Waals surface area (Å²) in [5.41, 5.74) is 0. The molecule has 0 aromatic rings. The molecule has 0 aromatic carbocycles. The van der Waals surface area contributed by atoms with Crippen molar-refractivity contribution in [2.45, 2.75) is 264 Å². The van der Waals surface area contributed by atoms with E-state index in [1.165, 1.54) is 122 Å². The first kappa shape index (κ1) is 57.4. The van der Waals surface area contributed by atoms with E-state index in [1.54, 1.807) is 0 Å². The van der Waals surface area contributed by atoms with Gasteiger partial charge in [-0.05, 0) is 89.9 Å². The smallest absolute Gasteiger partial charge is 0.306 e. The van der Waals surface area contributed by atoms with Crippen LogP contribution in [0.3, 0.4) is 0 Å². The third-order valence-electron chi connectivity index (χ3n) is 11.0. The Balaban J connectivity index is 4.32. The molecule has 0 aliphatic carbocycles. The molecule has 0 aromatic heterocycles. The van der Waals surface area contributed by atoms with Gasteiger partial charge in [0.1, 0.15) is 13.2 Å². The summed E-state index contributed by atoms with van der Waals surface area (Å²) in [4.78, 5) is 37.9. The van der Waals surface area contributed by atoms with Crippen molar-refractivity contribution >= 4 is 17.9 Å². The van der Waals surface area contributed by atoms with Crippen molar-refractivity contribution in [2.24, 2.45) is 0 Å². The van der Waals surface area contributed by atoms with Crippen LogP contribution in [0.4, 0.5) is 0 Å². The highest BCUT2D eigenvalue weighted by Gasteiger charge is 2.19. The van der Waals surface area contributed by atoms with Gasteiger partial charge < -0.3 is 14.2 Å². The Hall–Kier alpha value is -2.63. The van der Waals surface area contributed by atoms with Gasteiger partial charge >= 0.3 is 17.9 Å². The van der Waals surface area contributed by atoms with E-state index in [0.717, 1.165) is 96.3 Å². The summed E-state index contributed by atoms with van der Waals surface area (Å²) in [5, 5.41) is 0. The molecule has 0 aliphatic rings. The van der Waals surface area contributed by atoms with Crippen molar-refractivity contribution in [1.29, 1.82) is 0 Å². The first-order valence-electron chi connectivity index (χ1n) is 25.6. The molecule has 0 saturated carbocycles. The Kier molecular flexibility index (Phi) is 46.9. The van der Waals surface area contributed by atoms with Crippen LogP contribution in [0.25, 0.3) is 0 Å². The summed E-state index contributed by atoms with van der Waals surface area (Å²) in [5.74, 6) is -0.908. The van der Waals surface area contributed by atoms with E-state index >= 15 is 0 Å². The molecule has 6 nitrogen and oxygen atoms in total. The minimum Gasteiger partial charge on any atom is -0.462 e. The Morgan fingerprint density at radius 3 is 1.07 bits per heavy atom. The maximum Gasteiger partial charge on any atom is 0.306 e. The Bertz CT molecular complexity index is 1060. The average Bonchev–Trinajstić information content (AvgIpc) is 3.24. The van der Waals surface area contributed by atoms with E-state index in [1.807, 2.05) is 0 Å². The largest absolute Gasteiger partial charge is 0.462 e. The van der Waals surface area contributed by atoms with Crippen molar-refractivity contribution in [2.75, 3.05) is 13.2 Å². The third kappa shape index (κ3) is 46.4. The van der Waals surface area contributed by atoms with Gasteiger partial charge in [0, 0.05) is 19.3 Å². The fourth-order valence-corrected chi connectivity index (χ4v) is 7.16. The minimum absolute atomic E-state index is 0.0833. The van der Waals surface area contributed by atoms with Crippen molar-refractivity contribution in [3.8, 4) is 0 Å². The normalized spacial score (nSPS) is 12.4. The van der Waals surface area contributed by atoms with Gasteiger partial charge in [-0.1, -0.05) is 198 Å². The first-order valence-corrected chi connectivity index (χ1v) is 25.6. The summed E-state index contributed by atoms with van der Waals surface area (Å²) in [6, 6.07) is 0. The van der Waals surface area contributed by atoms with Gasteiger partial charge in [0.05, 0.1) is 0 Å². The van der Waals surface area contributed by atoms with Crippen LogP contribution in [-0.2, 0) is 28.6 Å². The van der Waals surface area contributed by atoms with Crippen LogP contribution < -0.4 is 0 Å². The molecular formula is C54H96O6. The molecule has 0 rings (SSSR count). The molecule has 0 N–H and O–H groups in total. The highest BCUT2D eigenvalue weighted by Crippen LogP contribution is 2.14. The van der Waals surface area contributed by atoms with Crippen LogP contribution in [0, 0.1) is 0 Å². The Morgan fingerprint density at radius 2 is 0.667 bits per heavy atom. The zero-order chi connectivity index (χ0) is 43.7. The molecule has 348 valence electrons. The number of unbranched alkanes of at least 4 members (excludes halogenated alkanes) is 27. The van der Waals surface area contributed by atoms with E-state index in [9.17, 15) is 14.4 Å². The monoisotopic (exact) mass is 841 g/mol. The summed E-state index contributed by atoms with van der Waals surface area (Å²) in [6.07, 6.45) is 58.1. The van der Waals surface area contributed by atoms with Gasteiger partial charge in [0.2, 0.25) is 0 Å². The van der Waals surface area contributed by atoms with E-state index in [0.29, 0.717) is 19.3 Å². The van der Waals surface area contributed by atoms with Gasteiger partial charge in [0.25, 0.3) is 0 Å². The zero-order valence-corrected chi connectivity index (χ0v) is 39.7. The second-order valence-electron chi connectivity index (χ2n) is 17.0. The van der Waals surface area contributed by atoms with Crippen LogP contribution in [0.5, 0.6) is 0 Å². The van der Waals surface area contributed by atoms with Crippen LogP contribution >= 0.6 is 0 Å². The lowest BCUT2D eigenvalue weighted by molar-refractivity contribution is -0.167. The molecule has 0 spiro atoms. The number of carbonyl (C=O) groups excluding carboxylic acids is 3. The number of carbonyl (C=O) groups is 3. The van der Waals surface area contributed by atoms with Gasteiger partial charge in [-0.15, -0.1) is 0 Å². The molecule has 6 heteroatoms. The van der Waals surface area contributed by atoms with Crippen molar-refractivity contribution in [3.63, 3.8) is 0 Å². The zero-order valence-electron chi connectivity index (χ0n) is 39.7. The topological polar surface area (TPSA) is 78.9 Å². The van der Waals surface area contributed by atoms with Gasteiger partial charge in [-0.25, -0.2) is 0 Å². The molecule has 0 bridgehead atoms. The third-order valence-corrected chi connectivity index (χ3v) is 11.0. The number of allylic oxidation sites excluding steroid dienone is 8. The number of hydrogen-bond acceptors (Lipinski definition) is 6. The second-order valence-corrected chi connectivity index (χ2v) is 17.0. The molecule has 0 fully saturated rings. The highest BCUT2D eigenvalue weighted by atomic mass is 16.6. The summed E-state index contributed by atoms with van der Waals surface area (Å²) in [6.45, 7) is 6.47. The minimum atomic E-state index is -0.783. The van der Waals surface area contributed by atoms with Gasteiger partial charge in [-0.3, -0.25) is 14.4 Å². The molecule has 60 heavy (non-hydrogen) atoms. The molecule has 0 aliphatic heterocycles. The molecule has 1 unspecified atom stereocenters. The van der Waals surface area contributed by atoms with Crippen molar-refractivity contribution in [3.05, 3.63) is 48.6 Å². The molecule has 0 amide bonds. The number of rotatable bonds is 46. The van der Waals surface area contributed by atoms with Crippen molar-refractivity contribution < 1.29 is 28.6 Å². The van der Waals surface area contributed by atoms with Crippen LogP contribution in [0.1, 0.15) is 258 Å². The number of hydrogen-bond donors (Lipinski definition) is 0. The van der Waals surface area contributed by atoms with Crippen LogP contribution in [0.15, 0.2) is 48.6 Å². The summed E-state index contributed by atoms with van der Waals surface area (Å²) >= 11 is 0. The van der Waals surface area contributed by atoms with Crippen molar-refractivity contribution in [1.82, 2.24) is 0 Å². The molecule has 0 saturated heterocycles. The van der Waals surface area contributed by atoms with Crippen LogP contribution in [-0.4, -0.2) is 37.2 Å². The second kappa shape index (κ2) is 49.0. The van der Waals surface area contributed by atoms with E-state index < -0.39 is 6.10 Å². The quantitative estimate of drug-likeness (QED) is 0.0263. The lowest BCUT2D eigenvalue weighted by Crippen LogP contribution is -2.30. The maximum absolute atomic E-state index is 12.7. The SMILES string of the molecule is CC/C=C\C/C=C\CCCCCCCC(=O)OC(COC(=O)CCCCCCC/C=C\CCCC)COC(=O)CCCCCCCCC/C=C\CCCCCCCCCC. The Labute approximate surface area is 371 Å². The fraction of sp³-hybridized carbons (Fsp3) is 0.796. The van der Waals surface area contributed by atoms with Gasteiger partial charge in [-0.2, -0.15) is 0 Å². The first-order chi connectivity index (χ1) is 29.5.